The van der Waals surface area contributed by atoms with Gasteiger partial charge in [-0.1, -0.05) is 26.8 Å². The maximum Gasteiger partial charge on any atom is 0.251 e. The predicted octanol–water partition coefficient (Wildman–Crippen LogP) is 4.33. The molecule has 0 aliphatic carbocycles. The highest BCUT2D eigenvalue weighted by molar-refractivity contribution is 5.97. The molecule has 28 heavy (non-hydrogen) atoms. The molecule has 2 aromatic rings. The highest BCUT2D eigenvalue weighted by Crippen LogP contribution is 2.35. The first-order chi connectivity index (χ1) is 13.1. The van der Waals surface area contributed by atoms with Gasteiger partial charge in [0.25, 0.3) is 5.91 Å². The topological polar surface area (TPSA) is 61.0 Å². The molecule has 0 atom stereocenters. The fraction of sp³-hybridized carbons (Fsp3) is 0.565. The van der Waals surface area contributed by atoms with Crippen molar-refractivity contribution in [2.24, 2.45) is 0 Å². The van der Waals surface area contributed by atoms with Gasteiger partial charge in [-0.2, -0.15) is 0 Å². The van der Waals surface area contributed by atoms with Crippen LogP contribution in [0, 0.1) is 13.8 Å². The molecule has 1 aromatic heterocycles. The third-order valence-corrected chi connectivity index (χ3v) is 5.72. The second-order valence-corrected chi connectivity index (χ2v) is 9.03. The maximum atomic E-state index is 12.6. The van der Waals surface area contributed by atoms with Gasteiger partial charge in [0.15, 0.2) is 0 Å². The van der Waals surface area contributed by atoms with E-state index in [1.54, 1.807) is 0 Å². The molecule has 3 rings (SSSR count). The largest absolute Gasteiger partial charge is 0.352 e. The van der Waals surface area contributed by atoms with Gasteiger partial charge in [-0.25, -0.2) is 4.98 Å². The molecule has 0 unspecified atom stereocenters. The van der Waals surface area contributed by atoms with Crippen LogP contribution in [0.1, 0.15) is 73.9 Å². The van der Waals surface area contributed by atoms with Gasteiger partial charge in [-0.05, 0) is 51.3 Å². The zero-order chi connectivity index (χ0) is 20.6. The van der Waals surface area contributed by atoms with E-state index in [0.29, 0.717) is 12.6 Å². The van der Waals surface area contributed by atoms with Crippen molar-refractivity contribution in [1.29, 1.82) is 0 Å². The number of nitrogens with zero attached hydrogens (tertiary/aromatic N) is 2. The highest BCUT2D eigenvalue weighted by Gasteiger charge is 2.36. The molecule has 0 fully saturated rings. The molecule has 0 radical (unpaired) electrons. The molecule has 0 spiro atoms. The number of nitrogens with one attached hydrogen (secondary N) is 2. The lowest BCUT2D eigenvalue weighted by Crippen LogP contribution is -2.45. The number of fused-ring (bicyclic) bond motifs is 1. The van der Waals surface area contributed by atoms with Crippen molar-refractivity contribution in [2.45, 2.75) is 72.9 Å². The Hall–Kier alpha value is -2.14. The van der Waals surface area contributed by atoms with Crippen LogP contribution in [0.3, 0.4) is 0 Å². The zero-order valence-electron chi connectivity index (χ0n) is 18.4. The van der Waals surface area contributed by atoms with Crippen molar-refractivity contribution in [3.05, 3.63) is 40.2 Å². The molecule has 1 aliphatic rings. The fourth-order valence-corrected chi connectivity index (χ4v) is 4.10. The van der Waals surface area contributed by atoms with E-state index in [4.69, 9.17) is 4.98 Å². The minimum atomic E-state index is -0.0109. The summed E-state index contributed by atoms with van der Waals surface area (Å²) in [5.74, 6) is 0.856. The van der Waals surface area contributed by atoms with Crippen molar-refractivity contribution in [2.75, 3.05) is 13.1 Å². The molecule has 1 amide bonds. The molecule has 1 aliphatic heterocycles. The van der Waals surface area contributed by atoms with Crippen LogP contribution in [0.2, 0.25) is 0 Å². The summed E-state index contributed by atoms with van der Waals surface area (Å²) in [6.07, 6.45) is 0.926. The summed E-state index contributed by atoms with van der Waals surface area (Å²) in [6, 6.07) is 4.57. The zero-order valence-corrected chi connectivity index (χ0v) is 18.4. The molecule has 0 saturated carbocycles. The van der Waals surface area contributed by atoms with Crippen LogP contribution in [0.5, 0.6) is 0 Å². The molecular weight excluding hydrogens is 348 g/mol. The molecule has 2 N–H and O–H groups in total. The summed E-state index contributed by atoms with van der Waals surface area (Å²) in [4.78, 5) is 23.7. The predicted molar refractivity (Wildman–Crippen MR) is 115 cm³/mol. The quantitative estimate of drug-likeness (QED) is 0.809. The Kier molecular flexibility index (Phi) is 5.67. The number of rotatable bonds is 5. The van der Waals surface area contributed by atoms with Crippen molar-refractivity contribution in [1.82, 2.24) is 20.2 Å². The molecular formula is C23H34N4O. The van der Waals surface area contributed by atoms with Gasteiger partial charge < -0.3 is 10.3 Å². The van der Waals surface area contributed by atoms with E-state index in [2.05, 4.69) is 62.8 Å². The molecule has 0 bridgehead atoms. The van der Waals surface area contributed by atoms with Gasteiger partial charge in [0, 0.05) is 42.2 Å². The first-order valence-electron chi connectivity index (χ1n) is 10.4. The maximum absolute atomic E-state index is 12.6. The molecule has 5 heteroatoms. The highest BCUT2D eigenvalue weighted by atomic mass is 16.1. The number of amides is 1. The Morgan fingerprint density at radius 2 is 2.00 bits per heavy atom. The van der Waals surface area contributed by atoms with E-state index in [0.717, 1.165) is 53.3 Å². The number of hydrogen-bond acceptors (Lipinski definition) is 3. The molecule has 2 heterocycles. The third-order valence-electron chi connectivity index (χ3n) is 5.72. The van der Waals surface area contributed by atoms with Crippen LogP contribution in [0.25, 0.3) is 11.4 Å². The van der Waals surface area contributed by atoms with Gasteiger partial charge in [0.2, 0.25) is 0 Å². The lowest BCUT2D eigenvalue weighted by atomic mass is 9.84. The van der Waals surface area contributed by atoms with Gasteiger partial charge in [0.1, 0.15) is 5.82 Å². The van der Waals surface area contributed by atoms with Crippen LogP contribution < -0.4 is 5.32 Å². The Morgan fingerprint density at radius 1 is 1.29 bits per heavy atom. The van der Waals surface area contributed by atoms with Crippen molar-refractivity contribution in [3.8, 4) is 11.4 Å². The average molecular weight is 383 g/mol. The summed E-state index contributed by atoms with van der Waals surface area (Å²) in [5.41, 5.74) is 6.20. The number of carbonyl (C=O) groups is 1. The third kappa shape index (κ3) is 3.86. The first kappa shape index (κ1) is 20.6. The first-order valence-corrected chi connectivity index (χ1v) is 10.4. The Labute approximate surface area is 168 Å². The molecule has 5 nitrogen and oxygen atoms in total. The smallest absolute Gasteiger partial charge is 0.251 e. The van der Waals surface area contributed by atoms with E-state index >= 15 is 0 Å². The lowest BCUT2D eigenvalue weighted by molar-refractivity contribution is 0.0953. The van der Waals surface area contributed by atoms with E-state index < -0.39 is 0 Å². The van der Waals surface area contributed by atoms with Crippen LogP contribution in [-0.4, -0.2) is 39.9 Å². The van der Waals surface area contributed by atoms with Gasteiger partial charge in [-0.3, -0.25) is 9.69 Å². The van der Waals surface area contributed by atoms with E-state index in [1.165, 1.54) is 5.69 Å². The number of hydrogen-bond donors (Lipinski definition) is 2. The standard InChI is InChI=1S/C23H34N4O/c1-8-9-24-22(28)18-11-17(15(4)10-16(18)5)21-25-19-12-27(14(2)3)13-23(6,7)20(19)26-21/h10-11,14H,8-9,12-13H2,1-7H3,(H,24,28)(H,25,26). The summed E-state index contributed by atoms with van der Waals surface area (Å²) in [7, 11) is 0. The number of carbonyl (C=O) groups excluding carboxylic acids is 1. The van der Waals surface area contributed by atoms with Crippen LogP contribution in [-0.2, 0) is 12.0 Å². The van der Waals surface area contributed by atoms with Gasteiger partial charge in [0.05, 0.1) is 11.4 Å². The number of aromatic nitrogens is 2. The average Bonchev–Trinajstić information content (AvgIpc) is 3.04. The van der Waals surface area contributed by atoms with E-state index in [9.17, 15) is 4.79 Å². The van der Waals surface area contributed by atoms with Crippen LogP contribution in [0.4, 0.5) is 0 Å². The SMILES string of the molecule is CCCNC(=O)c1cc(-c2nc3c([nH]2)CN(C(C)C)CC3(C)C)c(C)cc1C. The van der Waals surface area contributed by atoms with Crippen LogP contribution >= 0.6 is 0 Å². The van der Waals surface area contributed by atoms with E-state index in [-0.39, 0.29) is 11.3 Å². The normalized spacial score (nSPS) is 16.3. The summed E-state index contributed by atoms with van der Waals surface area (Å²) in [6.45, 7) is 17.7. The minimum absolute atomic E-state index is 0.00740. The molecule has 1 aromatic carbocycles. The summed E-state index contributed by atoms with van der Waals surface area (Å²) < 4.78 is 0. The number of H-pyrrole nitrogens is 1. The van der Waals surface area contributed by atoms with Gasteiger partial charge >= 0.3 is 0 Å². The Balaban J connectivity index is 2.02. The summed E-state index contributed by atoms with van der Waals surface area (Å²) in [5, 5.41) is 2.99. The summed E-state index contributed by atoms with van der Waals surface area (Å²) >= 11 is 0. The Bertz CT molecular complexity index is 879. The number of aromatic amines is 1. The molecule has 152 valence electrons. The number of aryl methyl sites for hydroxylation is 2. The number of imidazole rings is 1. The Morgan fingerprint density at radius 3 is 2.64 bits per heavy atom. The van der Waals surface area contributed by atoms with Crippen molar-refractivity contribution < 1.29 is 4.79 Å². The second-order valence-electron chi connectivity index (χ2n) is 9.03. The fourth-order valence-electron chi connectivity index (χ4n) is 4.10. The minimum Gasteiger partial charge on any atom is -0.352 e. The van der Waals surface area contributed by atoms with Gasteiger partial charge in [-0.15, -0.1) is 0 Å². The van der Waals surface area contributed by atoms with Crippen molar-refractivity contribution in [3.63, 3.8) is 0 Å². The van der Waals surface area contributed by atoms with E-state index in [1.807, 2.05) is 13.0 Å². The second kappa shape index (κ2) is 7.70. The number of benzene rings is 1. The van der Waals surface area contributed by atoms with Crippen molar-refractivity contribution >= 4 is 5.91 Å². The van der Waals surface area contributed by atoms with Crippen LogP contribution in [0.15, 0.2) is 12.1 Å². The lowest BCUT2D eigenvalue weighted by Gasteiger charge is -2.39. The monoisotopic (exact) mass is 382 g/mol. The molecule has 0 saturated heterocycles.